The molecule has 0 aliphatic carbocycles. The van der Waals surface area contributed by atoms with Gasteiger partial charge in [0.15, 0.2) is 0 Å². The number of hydrogen-bond donors (Lipinski definition) is 0. The van der Waals surface area contributed by atoms with Gasteiger partial charge in [0.2, 0.25) is 5.89 Å². The maximum Gasteiger partial charge on any atom is 0.258 e. The first-order chi connectivity index (χ1) is 11.8. The lowest BCUT2D eigenvalue weighted by Gasteiger charge is -2.30. The lowest BCUT2D eigenvalue weighted by atomic mass is 9.96. The van der Waals surface area contributed by atoms with E-state index in [0.29, 0.717) is 11.8 Å². The summed E-state index contributed by atoms with van der Waals surface area (Å²) in [5.41, 5.74) is 2.58. The molecule has 1 fully saturated rings. The minimum atomic E-state index is 0.388. The number of aryl methyl sites for hydroxylation is 1. The monoisotopic (exact) mass is 339 g/mol. The summed E-state index contributed by atoms with van der Waals surface area (Å²) in [4.78, 5) is 3.60. The summed E-state index contributed by atoms with van der Waals surface area (Å²) >= 11 is 1.66. The molecule has 4 rings (SSSR count). The van der Waals surface area contributed by atoms with Crippen LogP contribution in [0, 0.1) is 6.92 Å². The maximum absolute atomic E-state index is 5.97. The Morgan fingerprint density at radius 2 is 1.92 bits per heavy atom. The standard InChI is InChI=1S/C19H21N3OS/c1-14-9-12-24-17(14)19-21-20-18(23-19)16-7-10-22(11-8-16)13-15-5-3-2-4-6-15/h2-6,9,12,16H,7-8,10-11,13H2,1H3. The largest absolute Gasteiger partial charge is 0.420 e. The second kappa shape index (κ2) is 6.87. The molecule has 1 aliphatic heterocycles. The van der Waals surface area contributed by atoms with E-state index >= 15 is 0 Å². The molecule has 5 heteroatoms. The second-order valence-electron chi connectivity index (χ2n) is 6.41. The van der Waals surface area contributed by atoms with E-state index in [9.17, 15) is 0 Å². The van der Waals surface area contributed by atoms with Crippen LogP contribution < -0.4 is 0 Å². The van der Waals surface area contributed by atoms with Gasteiger partial charge < -0.3 is 4.42 Å². The van der Waals surface area contributed by atoms with Crippen molar-refractivity contribution in [1.29, 1.82) is 0 Å². The predicted octanol–water partition coefficient (Wildman–Crippen LogP) is 4.49. The van der Waals surface area contributed by atoms with Gasteiger partial charge in [-0.1, -0.05) is 30.3 Å². The Balaban J connectivity index is 1.38. The molecule has 4 nitrogen and oxygen atoms in total. The summed E-state index contributed by atoms with van der Waals surface area (Å²) < 4.78 is 5.97. The molecular formula is C19H21N3OS. The zero-order valence-corrected chi connectivity index (χ0v) is 14.6. The summed E-state index contributed by atoms with van der Waals surface area (Å²) in [6.45, 7) is 5.26. The number of piperidine rings is 1. The molecule has 1 aliphatic rings. The smallest absolute Gasteiger partial charge is 0.258 e. The van der Waals surface area contributed by atoms with Gasteiger partial charge >= 0.3 is 0 Å². The number of benzene rings is 1. The highest BCUT2D eigenvalue weighted by atomic mass is 32.1. The molecule has 0 amide bonds. The molecule has 0 N–H and O–H groups in total. The Morgan fingerprint density at radius 3 is 2.62 bits per heavy atom. The van der Waals surface area contributed by atoms with Crippen molar-refractivity contribution in [1.82, 2.24) is 15.1 Å². The highest BCUT2D eigenvalue weighted by Gasteiger charge is 2.25. The van der Waals surface area contributed by atoms with Gasteiger partial charge in [-0.3, -0.25) is 4.90 Å². The SMILES string of the molecule is Cc1ccsc1-c1nnc(C2CCN(Cc3ccccc3)CC2)o1. The summed E-state index contributed by atoms with van der Waals surface area (Å²) in [6, 6.07) is 12.8. The molecule has 2 aromatic heterocycles. The third-order valence-electron chi connectivity index (χ3n) is 4.68. The van der Waals surface area contributed by atoms with Gasteiger partial charge in [0.05, 0.1) is 4.88 Å². The highest BCUT2D eigenvalue weighted by molar-refractivity contribution is 7.13. The fraction of sp³-hybridized carbons (Fsp3) is 0.368. The van der Waals surface area contributed by atoms with E-state index in [1.165, 1.54) is 11.1 Å². The molecule has 0 unspecified atom stereocenters. The molecule has 0 bridgehead atoms. The van der Waals surface area contributed by atoms with Crippen LogP contribution in [0.5, 0.6) is 0 Å². The van der Waals surface area contributed by atoms with Crippen LogP contribution in [0.3, 0.4) is 0 Å². The van der Waals surface area contributed by atoms with Crippen LogP contribution in [0.15, 0.2) is 46.2 Å². The van der Waals surface area contributed by atoms with Crippen LogP contribution in [-0.2, 0) is 6.54 Å². The van der Waals surface area contributed by atoms with Crippen LogP contribution in [0.4, 0.5) is 0 Å². The highest BCUT2D eigenvalue weighted by Crippen LogP contribution is 2.32. The summed E-state index contributed by atoms with van der Waals surface area (Å²) in [5.74, 6) is 1.86. The quantitative estimate of drug-likeness (QED) is 0.702. The first kappa shape index (κ1) is 15.5. The summed E-state index contributed by atoms with van der Waals surface area (Å²) in [5, 5.41) is 10.6. The number of aromatic nitrogens is 2. The van der Waals surface area contributed by atoms with Gasteiger partial charge in [-0.15, -0.1) is 21.5 Å². The van der Waals surface area contributed by atoms with E-state index in [2.05, 4.69) is 63.8 Å². The van der Waals surface area contributed by atoms with Crippen LogP contribution in [0.25, 0.3) is 10.8 Å². The molecular weight excluding hydrogens is 318 g/mol. The van der Waals surface area contributed by atoms with E-state index < -0.39 is 0 Å². The van der Waals surface area contributed by atoms with Crippen molar-refractivity contribution in [3.05, 3.63) is 58.8 Å². The second-order valence-corrected chi connectivity index (χ2v) is 7.33. The summed E-state index contributed by atoms with van der Waals surface area (Å²) in [6.07, 6.45) is 2.16. The number of thiophene rings is 1. The number of nitrogens with zero attached hydrogens (tertiary/aromatic N) is 3. The Kier molecular flexibility index (Phi) is 4.45. The van der Waals surface area contributed by atoms with Crippen molar-refractivity contribution >= 4 is 11.3 Å². The van der Waals surface area contributed by atoms with Crippen LogP contribution in [-0.4, -0.2) is 28.2 Å². The van der Waals surface area contributed by atoms with Crippen molar-refractivity contribution in [2.75, 3.05) is 13.1 Å². The maximum atomic E-state index is 5.97. The Morgan fingerprint density at radius 1 is 1.12 bits per heavy atom. The first-order valence-corrected chi connectivity index (χ1v) is 9.32. The van der Waals surface area contributed by atoms with Crippen molar-refractivity contribution in [2.24, 2.45) is 0 Å². The van der Waals surface area contributed by atoms with Gasteiger partial charge in [0.25, 0.3) is 5.89 Å². The molecule has 0 saturated carbocycles. The van der Waals surface area contributed by atoms with E-state index in [-0.39, 0.29) is 0 Å². The van der Waals surface area contributed by atoms with E-state index in [1.807, 2.05) is 0 Å². The molecule has 3 aromatic rings. The first-order valence-electron chi connectivity index (χ1n) is 8.44. The topological polar surface area (TPSA) is 42.2 Å². The minimum absolute atomic E-state index is 0.388. The molecule has 24 heavy (non-hydrogen) atoms. The van der Waals surface area contributed by atoms with Gasteiger partial charge in [0.1, 0.15) is 0 Å². The van der Waals surface area contributed by atoms with E-state index in [1.54, 1.807) is 11.3 Å². The van der Waals surface area contributed by atoms with Gasteiger partial charge in [-0.2, -0.15) is 0 Å². The number of likely N-dealkylation sites (tertiary alicyclic amines) is 1. The fourth-order valence-corrected chi connectivity index (χ4v) is 4.11. The predicted molar refractivity (Wildman–Crippen MR) is 96.0 cm³/mol. The fourth-order valence-electron chi connectivity index (χ4n) is 3.26. The van der Waals surface area contributed by atoms with Crippen molar-refractivity contribution in [3.63, 3.8) is 0 Å². The third-order valence-corrected chi connectivity index (χ3v) is 5.69. The molecule has 0 spiro atoms. The van der Waals surface area contributed by atoms with E-state index in [4.69, 9.17) is 4.42 Å². The van der Waals surface area contributed by atoms with Crippen molar-refractivity contribution in [2.45, 2.75) is 32.2 Å². The third kappa shape index (κ3) is 3.28. The lowest BCUT2D eigenvalue weighted by molar-refractivity contribution is 0.193. The van der Waals surface area contributed by atoms with E-state index in [0.717, 1.165) is 43.2 Å². The Hall–Kier alpha value is -1.98. The average molecular weight is 339 g/mol. The van der Waals surface area contributed by atoms with Crippen molar-refractivity contribution < 1.29 is 4.42 Å². The molecule has 0 atom stereocenters. The molecule has 0 radical (unpaired) electrons. The minimum Gasteiger partial charge on any atom is -0.420 e. The van der Waals surface area contributed by atoms with Gasteiger partial charge in [-0.25, -0.2) is 0 Å². The van der Waals surface area contributed by atoms with Crippen LogP contribution >= 0.6 is 11.3 Å². The van der Waals surface area contributed by atoms with Gasteiger partial charge in [0, 0.05) is 12.5 Å². The average Bonchev–Trinajstić information content (AvgIpc) is 3.25. The molecule has 1 aromatic carbocycles. The summed E-state index contributed by atoms with van der Waals surface area (Å²) in [7, 11) is 0. The molecule has 3 heterocycles. The van der Waals surface area contributed by atoms with Crippen LogP contribution in [0.1, 0.15) is 35.8 Å². The zero-order valence-electron chi connectivity index (χ0n) is 13.8. The zero-order chi connectivity index (χ0) is 16.4. The molecule has 1 saturated heterocycles. The number of hydrogen-bond acceptors (Lipinski definition) is 5. The lowest BCUT2D eigenvalue weighted by Crippen LogP contribution is -2.32. The Bertz CT molecular complexity index is 788. The Labute approximate surface area is 146 Å². The molecule has 124 valence electrons. The van der Waals surface area contributed by atoms with Gasteiger partial charge in [-0.05, 0) is 55.4 Å². The van der Waals surface area contributed by atoms with Crippen LogP contribution in [0.2, 0.25) is 0 Å². The van der Waals surface area contributed by atoms with Crippen molar-refractivity contribution in [3.8, 4) is 10.8 Å². The normalized spacial score (nSPS) is 16.5. The number of rotatable bonds is 4.